The highest BCUT2D eigenvalue weighted by atomic mass is 35.5. The van der Waals surface area contributed by atoms with Crippen LogP contribution in [0.3, 0.4) is 0 Å². The third-order valence-electron chi connectivity index (χ3n) is 5.13. The van der Waals surface area contributed by atoms with E-state index in [9.17, 15) is 13.2 Å². The van der Waals surface area contributed by atoms with Crippen LogP contribution in [0.1, 0.15) is 16.8 Å². The molecule has 3 aromatic rings. The van der Waals surface area contributed by atoms with Crippen molar-refractivity contribution in [3.8, 4) is 0 Å². The number of amides is 1. The summed E-state index contributed by atoms with van der Waals surface area (Å²) in [6, 6.07) is 8.13. The predicted molar refractivity (Wildman–Crippen MR) is 117 cm³/mol. The number of rotatable bonds is 5. The molecular formula is C21H22ClN3O5S. The fourth-order valence-corrected chi connectivity index (χ4v) is 5.28. The number of hydrogen-bond donors (Lipinski definition) is 1. The van der Waals surface area contributed by atoms with E-state index in [1.165, 1.54) is 22.5 Å². The molecule has 1 aromatic heterocycles. The molecular weight excluding hydrogens is 442 g/mol. The first-order valence-corrected chi connectivity index (χ1v) is 11.6. The second-order valence-corrected chi connectivity index (χ2v) is 9.81. The molecule has 4 rings (SSSR count). The first kappa shape index (κ1) is 21.8. The topological polar surface area (TPSA) is 102 Å². The molecule has 2 aromatic carbocycles. The van der Waals surface area contributed by atoms with Crippen molar-refractivity contribution in [1.82, 2.24) is 9.46 Å². The van der Waals surface area contributed by atoms with Crippen LogP contribution in [-0.2, 0) is 26.0 Å². The second kappa shape index (κ2) is 8.58. The molecule has 10 heteroatoms. The number of hydrogen-bond acceptors (Lipinski definition) is 6. The summed E-state index contributed by atoms with van der Waals surface area (Å²) in [5.74, 6) is -0.377. The maximum atomic E-state index is 12.9. The Hall–Kier alpha value is -2.46. The molecule has 1 aliphatic heterocycles. The first-order chi connectivity index (χ1) is 14.8. The molecule has 0 radical (unpaired) electrons. The Morgan fingerprint density at radius 2 is 1.94 bits per heavy atom. The number of fused-ring (bicyclic) bond motifs is 1. The maximum absolute atomic E-state index is 12.9. The predicted octanol–water partition coefficient (Wildman–Crippen LogP) is 3.30. The van der Waals surface area contributed by atoms with E-state index in [2.05, 4.69) is 10.5 Å². The maximum Gasteiger partial charge on any atom is 0.243 e. The fourth-order valence-electron chi connectivity index (χ4n) is 3.68. The molecule has 1 aliphatic rings. The first-order valence-electron chi connectivity index (χ1n) is 9.78. The molecule has 1 fully saturated rings. The van der Waals surface area contributed by atoms with Crippen LogP contribution in [0.5, 0.6) is 0 Å². The van der Waals surface area contributed by atoms with E-state index in [0.717, 1.165) is 16.5 Å². The van der Waals surface area contributed by atoms with Gasteiger partial charge in [0.2, 0.25) is 15.9 Å². The molecule has 0 saturated carbocycles. The van der Waals surface area contributed by atoms with Gasteiger partial charge < -0.3 is 14.6 Å². The highest BCUT2D eigenvalue weighted by molar-refractivity contribution is 7.89. The van der Waals surface area contributed by atoms with Crippen LogP contribution in [-0.4, -0.2) is 50.1 Å². The van der Waals surface area contributed by atoms with E-state index in [0.29, 0.717) is 24.5 Å². The van der Waals surface area contributed by atoms with Crippen LogP contribution in [0.4, 0.5) is 5.69 Å². The third kappa shape index (κ3) is 4.45. The van der Waals surface area contributed by atoms with Gasteiger partial charge in [0.05, 0.1) is 35.2 Å². The standard InChI is InChI=1S/C21H22ClN3O5S/c1-13-9-14(2)21-18(24-30-19(21)10-13)12-20(26)23-17-11-15(3-4-16(17)22)31(27,28)25-5-7-29-8-6-25/h3-4,9-11H,5-8,12H2,1-2H3,(H,23,26). The minimum absolute atomic E-state index is 0.0341. The summed E-state index contributed by atoms with van der Waals surface area (Å²) in [6.07, 6.45) is -0.0341. The van der Waals surface area contributed by atoms with Crippen molar-refractivity contribution in [1.29, 1.82) is 0 Å². The van der Waals surface area contributed by atoms with Crippen molar-refractivity contribution in [2.24, 2.45) is 0 Å². The average molecular weight is 464 g/mol. The summed E-state index contributed by atoms with van der Waals surface area (Å²) in [4.78, 5) is 12.8. The number of anilines is 1. The number of aryl methyl sites for hydroxylation is 2. The Morgan fingerprint density at radius 1 is 1.19 bits per heavy atom. The van der Waals surface area contributed by atoms with Gasteiger partial charge in [-0.25, -0.2) is 8.42 Å². The van der Waals surface area contributed by atoms with Crippen LogP contribution in [0, 0.1) is 13.8 Å². The van der Waals surface area contributed by atoms with E-state index >= 15 is 0 Å². The molecule has 8 nitrogen and oxygen atoms in total. The fraction of sp³-hybridized carbons (Fsp3) is 0.333. The smallest absolute Gasteiger partial charge is 0.243 e. The van der Waals surface area contributed by atoms with E-state index in [-0.39, 0.29) is 41.0 Å². The lowest BCUT2D eigenvalue weighted by Gasteiger charge is -2.26. The van der Waals surface area contributed by atoms with Gasteiger partial charge in [0, 0.05) is 18.5 Å². The number of morpholine rings is 1. The minimum Gasteiger partial charge on any atom is -0.379 e. The van der Waals surface area contributed by atoms with Gasteiger partial charge in [-0.3, -0.25) is 4.79 Å². The van der Waals surface area contributed by atoms with Gasteiger partial charge in [-0.2, -0.15) is 4.31 Å². The van der Waals surface area contributed by atoms with Crippen LogP contribution in [0.2, 0.25) is 5.02 Å². The molecule has 2 heterocycles. The summed E-state index contributed by atoms with van der Waals surface area (Å²) in [5, 5.41) is 7.78. The molecule has 0 spiro atoms. The van der Waals surface area contributed by atoms with Crippen LogP contribution < -0.4 is 5.32 Å². The van der Waals surface area contributed by atoms with Gasteiger partial charge in [0.15, 0.2) is 5.58 Å². The number of carbonyl (C=O) groups is 1. The number of ether oxygens (including phenoxy) is 1. The summed E-state index contributed by atoms with van der Waals surface area (Å²) in [7, 11) is -3.71. The molecule has 164 valence electrons. The molecule has 1 saturated heterocycles. The zero-order chi connectivity index (χ0) is 22.2. The van der Waals surface area contributed by atoms with E-state index < -0.39 is 10.0 Å². The average Bonchev–Trinajstić information content (AvgIpc) is 3.12. The molecule has 0 atom stereocenters. The van der Waals surface area contributed by atoms with Crippen molar-refractivity contribution in [2.75, 3.05) is 31.6 Å². The quantitative estimate of drug-likeness (QED) is 0.623. The lowest BCUT2D eigenvalue weighted by Crippen LogP contribution is -2.40. The molecule has 1 N–H and O–H groups in total. The zero-order valence-electron chi connectivity index (χ0n) is 17.1. The number of halogens is 1. The Morgan fingerprint density at radius 3 is 2.68 bits per heavy atom. The Labute approximate surface area is 185 Å². The van der Waals surface area contributed by atoms with Crippen molar-refractivity contribution in [3.63, 3.8) is 0 Å². The van der Waals surface area contributed by atoms with Crippen molar-refractivity contribution in [2.45, 2.75) is 25.2 Å². The number of sulfonamides is 1. The SMILES string of the molecule is Cc1cc(C)c2c(CC(=O)Nc3cc(S(=O)(=O)N4CCOCC4)ccc3Cl)noc2c1. The van der Waals surface area contributed by atoms with Crippen LogP contribution >= 0.6 is 11.6 Å². The lowest BCUT2D eigenvalue weighted by molar-refractivity contribution is -0.115. The zero-order valence-corrected chi connectivity index (χ0v) is 18.7. The summed E-state index contributed by atoms with van der Waals surface area (Å²) >= 11 is 6.22. The van der Waals surface area contributed by atoms with Crippen molar-refractivity contribution < 1.29 is 22.5 Å². The van der Waals surface area contributed by atoms with E-state index in [4.69, 9.17) is 20.9 Å². The summed E-state index contributed by atoms with van der Waals surface area (Å²) < 4.78 is 37.7. The number of nitrogens with one attached hydrogen (secondary N) is 1. The van der Waals surface area contributed by atoms with Gasteiger partial charge >= 0.3 is 0 Å². The highest BCUT2D eigenvalue weighted by Crippen LogP contribution is 2.28. The van der Waals surface area contributed by atoms with Gasteiger partial charge in [0.1, 0.15) is 5.69 Å². The normalized spacial score (nSPS) is 15.3. The van der Waals surface area contributed by atoms with Gasteiger partial charge in [0.25, 0.3) is 0 Å². The van der Waals surface area contributed by atoms with Gasteiger partial charge in [-0.1, -0.05) is 22.8 Å². The molecule has 0 unspecified atom stereocenters. The Balaban J connectivity index is 1.56. The molecule has 0 bridgehead atoms. The van der Waals surface area contributed by atoms with E-state index in [1.54, 1.807) is 0 Å². The number of benzene rings is 2. The Bertz CT molecular complexity index is 1250. The van der Waals surface area contributed by atoms with Crippen molar-refractivity contribution in [3.05, 3.63) is 52.2 Å². The van der Waals surface area contributed by atoms with Crippen molar-refractivity contribution >= 4 is 44.2 Å². The second-order valence-electron chi connectivity index (χ2n) is 7.47. The van der Waals surface area contributed by atoms with Crippen LogP contribution in [0.15, 0.2) is 39.8 Å². The lowest BCUT2D eigenvalue weighted by atomic mass is 10.0. The highest BCUT2D eigenvalue weighted by Gasteiger charge is 2.27. The monoisotopic (exact) mass is 463 g/mol. The van der Waals surface area contributed by atoms with E-state index in [1.807, 2.05) is 26.0 Å². The van der Waals surface area contributed by atoms with Gasteiger partial charge in [-0.15, -0.1) is 0 Å². The number of carbonyl (C=O) groups excluding carboxylic acids is 1. The largest absolute Gasteiger partial charge is 0.379 e. The third-order valence-corrected chi connectivity index (χ3v) is 7.36. The number of aromatic nitrogens is 1. The summed E-state index contributed by atoms with van der Waals surface area (Å²) in [6.45, 7) is 5.16. The molecule has 0 aliphatic carbocycles. The van der Waals surface area contributed by atoms with Gasteiger partial charge in [-0.05, 0) is 49.2 Å². The van der Waals surface area contributed by atoms with Crippen LogP contribution in [0.25, 0.3) is 11.0 Å². The molecule has 1 amide bonds. The summed E-state index contributed by atoms with van der Waals surface area (Å²) in [5.41, 5.74) is 3.37. The minimum atomic E-state index is -3.71. The Kier molecular flexibility index (Phi) is 6.02. The molecule has 31 heavy (non-hydrogen) atoms. The number of nitrogens with zero attached hydrogens (tertiary/aromatic N) is 2.